The Balaban J connectivity index is 1.74. The van der Waals surface area contributed by atoms with E-state index < -0.39 is 28.5 Å². The molecule has 0 radical (unpaired) electrons. The molecule has 2 N–H and O–H groups in total. The van der Waals surface area contributed by atoms with Crippen molar-refractivity contribution in [1.82, 2.24) is 20.4 Å². The highest BCUT2D eigenvalue weighted by Crippen LogP contribution is 2.37. The SMILES string of the molecule is Cc1nc(C2(NC(=O)c3c[nH]c4c(F)cc(F)cc4c3=O)CCCC2)no1. The first-order valence-electron chi connectivity index (χ1n) is 8.53. The van der Waals surface area contributed by atoms with E-state index in [1.807, 2.05) is 0 Å². The third-order valence-electron chi connectivity index (χ3n) is 4.92. The van der Waals surface area contributed by atoms with Crippen molar-refractivity contribution in [3.8, 4) is 0 Å². The average Bonchev–Trinajstić information content (AvgIpc) is 3.25. The second kappa shape index (κ2) is 6.26. The minimum atomic E-state index is -0.899. The van der Waals surface area contributed by atoms with Gasteiger partial charge in [-0.1, -0.05) is 18.0 Å². The van der Waals surface area contributed by atoms with Gasteiger partial charge in [0.25, 0.3) is 5.91 Å². The minimum absolute atomic E-state index is 0.151. The Morgan fingerprint density at radius 3 is 2.70 bits per heavy atom. The second-order valence-electron chi connectivity index (χ2n) is 6.72. The predicted molar refractivity (Wildman–Crippen MR) is 91.1 cm³/mol. The Labute approximate surface area is 151 Å². The lowest BCUT2D eigenvalue weighted by molar-refractivity contribution is 0.0890. The molecule has 2 aromatic heterocycles. The highest BCUT2D eigenvalue weighted by atomic mass is 19.1. The zero-order valence-electron chi connectivity index (χ0n) is 14.4. The number of benzene rings is 1. The summed E-state index contributed by atoms with van der Waals surface area (Å²) in [4.78, 5) is 32.2. The summed E-state index contributed by atoms with van der Waals surface area (Å²) in [5, 5.41) is 6.54. The monoisotopic (exact) mass is 374 g/mol. The number of nitrogens with one attached hydrogen (secondary N) is 2. The Morgan fingerprint density at radius 1 is 1.30 bits per heavy atom. The first-order chi connectivity index (χ1) is 12.9. The van der Waals surface area contributed by atoms with E-state index in [2.05, 4.69) is 20.4 Å². The van der Waals surface area contributed by atoms with Crippen LogP contribution in [0.4, 0.5) is 8.78 Å². The van der Waals surface area contributed by atoms with Crippen molar-refractivity contribution in [3.05, 3.63) is 57.5 Å². The third-order valence-corrected chi connectivity index (χ3v) is 4.92. The maximum atomic E-state index is 13.8. The molecule has 0 saturated heterocycles. The minimum Gasteiger partial charge on any atom is -0.358 e. The molecule has 0 bridgehead atoms. The van der Waals surface area contributed by atoms with Gasteiger partial charge in [-0.05, 0) is 18.9 Å². The summed E-state index contributed by atoms with van der Waals surface area (Å²) in [7, 11) is 0. The number of aryl methyl sites for hydroxylation is 1. The van der Waals surface area contributed by atoms with Crippen LogP contribution in [0.5, 0.6) is 0 Å². The fourth-order valence-corrected chi connectivity index (χ4v) is 3.58. The number of pyridine rings is 1. The van der Waals surface area contributed by atoms with Crippen molar-refractivity contribution < 1.29 is 18.1 Å². The summed E-state index contributed by atoms with van der Waals surface area (Å²) in [6.07, 6.45) is 4.06. The molecule has 27 heavy (non-hydrogen) atoms. The summed E-state index contributed by atoms with van der Waals surface area (Å²) in [6, 6.07) is 1.58. The lowest BCUT2D eigenvalue weighted by Crippen LogP contribution is -2.46. The maximum Gasteiger partial charge on any atom is 0.257 e. The van der Waals surface area contributed by atoms with Crippen molar-refractivity contribution in [1.29, 1.82) is 0 Å². The van der Waals surface area contributed by atoms with Crippen LogP contribution in [-0.2, 0) is 5.54 Å². The topological polar surface area (TPSA) is 101 Å². The van der Waals surface area contributed by atoms with Gasteiger partial charge < -0.3 is 14.8 Å². The second-order valence-corrected chi connectivity index (χ2v) is 6.72. The first kappa shape index (κ1) is 17.3. The van der Waals surface area contributed by atoms with E-state index in [1.54, 1.807) is 6.92 Å². The number of H-pyrrole nitrogens is 1. The number of aromatic amines is 1. The summed E-state index contributed by atoms with van der Waals surface area (Å²) < 4.78 is 32.4. The number of amides is 1. The molecule has 7 nitrogen and oxygen atoms in total. The summed E-state index contributed by atoms with van der Waals surface area (Å²) in [5.41, 5.74) is -1.97. The molecular formula is C18H16F2N4O3. The molecular weight excluding hydrogens is 358 g/mol. The van der Waals surface area contributed by atoms with E-state index >= 15 is 0 Å². The molecule has 0 spiro atoms. The summed E-state index contributed by atoms with van der Waals surface area (Å²) in [5.74, 6) is -1.71. The molecule has 0 unspecified atom stereocenters. The van der Waals surface area contributed by atoms with Crippen LogP contribution < -0.4 is 10.7 Å². The molecule has 1 amide bonds. The van der Waals surface area contributed by atoms with E-state index in [-0.39, 0.29) is 16.5 Å². The Bertz CT molecular complexity index is 1100. The number of carbonyl (C=O) groups excluding carboxylic acids is 1. The van der Waals surface area contributed by atoms with Crippen LogP contribution in [0.2, 0.25) is 0 Å². The van der Waals surface area contributed by atoms with Crippen LogP contribution in [0.1, 0.15) is 47.8 Å². The van der Waals surface area contributed by atoms with Gasteiger partial charge in [0.1, 0.15) is 22.7 Å². The van der Waals surface area contributed by atoms with E-state index in [1.165, 1.54) is 0 Å². The zero-order valence-corrected chi connectivity index (χ0v) is 14.4. The van der Waals surface area contributed by atoms with Gasteiger partial charge in [0.2, 0.25) is 11.3 Å². The van der Waals surface area contributed by atoms with Gasteiger partial charge in [0.15, 0.2) is 5.82 Å². The molecule has 0 aliphatic heterocycles. The number of aromatic nitrogens is 3. The van der Waals surface area contributed by atoms with Crippen molar-refractivity contribution in [2.45, 2.75) is 38.1 Å². The van der Waals surface area contributed by atoms with Gasteiger partial charge in [-0.25, -0.2) is 8.78 Å². The number of nitrogens with zero attached hydrogens (tertiary/aromatic N) is 2. The zero-order chi connectivity index (χ0) is 19.2. The van der Waals surface area contributed by atoms with Gasteiger partial charge in [-0.3, -0.25) is 9.59 Å². The van der Waals surface area contributed by atoms with Gasteiger partial charge >= 0.3 is 0 Å². The molecule has 1 saturated carbocycles. The van der Waals surface area contributed by atoms with Crippen LogP contribution in [0.15, 0.2) is 27.6 Å². The van der Waals surface area contributed by atoms with Crippen molar-refractivity contribution in [3.63, 3.8) is 0 Å². The van der Waals surface area contributed by atoms with Crippen LogP contribution in [0.25, 0.3) is 10.9 Å². The van der Waals surface area contributed by atoms with Crippen LogP contribution in [0.3, 0.4) is 0 Å². The number of hydrogen-bond acceptors (Lipinski definition) is 5. The fourth-order valence-electron chi connectivity index (χ4n) is 3.58. The van der Waals surface area contributed by atoms with E-state index in [0.29, 0.717) is 30.6 Å². The summed E-state index contributed by atoms with van der Waals surface area (Å²) in [6.45, 7) is 1.65. The molecule has 140 valence electrons. The molecule has 9 heteroatoms. The van der Waals surface area contributed by atoms with Crippen molar-refractivity contribution in [2.24, 2.45) is 0 Å². The Hall–Kier alpha value is -3.10. The Morgan fingerprint density at radius 2 is 2.04 bits per heavy atom. The smallest absolute Gasteiger partial charge is 0.257 e. The molecule has 1 aliphatic rings. The first-order valence-corrected chi connectivity index (χ1v) is 8.53. The quantitative estimate of drug-likeness (QED) is 0.734. The molecule has 0 atom stereocenters. The molecule has 1 fully saturated rings. The Kier molecular flexibility index (Phi) is 4.01. The summed E-state index contributed by atoms with van der Waals surface area (Å²) >= 11 is 0. The lowest BCUT2D eigenvalue weighted by atomic mass is 9.96. The predicted octanol–water partition coefficient (Wildman–Crippen LogP) is 2.70. The lowest BCUT2D eigenvalue weighted by Gasteiger charge is -2.26. The highest BCUT2D eigenvalue weighted by molar-refractivity contribution is 5.97. The normalized spacial score (nSPS) is 16.0. The van der Waals surface area contributed by atoms with E-state index in [9.17, 15) is 18.4 Å². The molecule has 2 heterocycles. The van der Waals surface area contributed by atoms with Crippen LogP contribution >= 0.6 is 0 Å². The molecule has 3 aromatic rings. The standard InChI is InChI=1S/C18H16F2N4O3/c1-9-22-17(24-27-9)18(4-2-3-5-18)23-16(26)12-8-21-14-11(15(12)25)6-10(19)7-13(14)20/h6-8H,2-5H2,1H3,(H,21,25)(H,23,26). The fraction of sp³-hybridized carbons (Fsp3) is 0.333. The van der Waals surface area contributed by atoms with Gasteiger partial charge in [-0.2, -0.15) is 4.98 Å². The average molecular weight is 374 g/mol. The highest BCUT2D eigenvalue weighted by Gasteiger charge is 2.41. The van der Waals surface area contributed by atoms with E-state index in [0.717, 1.165) is 25.1 Å². The molecule has 1 aromatic carbocycles. The number of halogens is 2. The van der Waals surface area contributed by atoms with Gasteiger partial charge in [0, 0.05) is 19.2 Å². The largest absolute Gasteiger partial charge is 0.358 e. The number of hydrogen-bond donors (Lipinski definition) is 2. The third kappa shape index (κ3) is 2.88. The van der Waals surface area contributed by atoms with Crippen molar-refractivity contribution in [2.75, 3.05) is 0 Å². The van der Waals surface area contributed by atoms with Crippen LogP contribution in [0, 0.1) is 18.6 Å². The van der Waals surface area contributed by atoms with Crippen LogP contribution in [-0.4, -0.2) is 21.0 Å². The van der Waals surface area contributed by atoms with E-state index in [4.69, 9.17) is 4.52 Å². The number of carbonyl (C=O) groups is 1. The number of rotatable bonds is 3. The number of fused-ring (bicyclic) bond motifs is 1. The van der Waals surface area contributed by atoms with Gasteiger partial charge in [-0.15, -0.1) is 0 Å². The molecule has 4 rings (SSSR count). The molecule has 1 aliphatic carbocycles. The maximum absolute atomic E-state index is 13.8. The van der Waals surface area contributed by atoms with Crippen molar-refractivity contribution >= 4 is 16.8 Å². The van der Waals surface area contributed by atoms with Gasteiger partial charge in [0.05, 0.1) is 10.9 Å².